The molecular formula is C11H7ClF2N4O. The lowest BCUT2D eigenvalue weighted by Gasteiger charge is -2.01. The zero-order valence-corrected chi connectivity index (χ0v) is 10.1. The standard InChI is InChI=1S/C11H7ClF2N4O/c12-10-9(5-16-18-11(10)19)17-15-4-6-1-2-7(13)3-8(6)14/h1-5H,(H2,17,18,19)/b15-4-. The molecule has 0 aliphatic heterocycles. The second kappa shape index (κ2) is 5.57. The van der Waals surface area contributed by atoms with E-state index in [-0.39, 0.29) is 16.3 Å². The van der Waals surface area contributed by atoms with Gasteiger partial charge in [0.2, 0.25) is 0 Å². The van der Waals surface area contributed by atoms with Crippen LogP contribution in [-0.2, 0) is 0 Å². The third-order valence-corrected chi connectivity index (χ3v) is 2.52. The molecule has 0 radical (unpaired) electrons. The molecule has 98 valence electrons. The van der Waals surface area contributed by atoms with Gasteiger partial charge < -0.3 is 0 Å². The zero-order chi connectivity index (χ0) is 13.8. The van der Waals surface area contributed by atoms with E-state index >= 15 is 0 Å². The highest BCUT2D eigenvalue weighted by atomic mass is 35.5. The van der Waals surface area contributed by atoms with Crippen LogP contribution < -0.4 is 11.0 Å². The minimum atomic E-state index is -0.749. The first-order valence-electron chi connectivity index (χ1n) is 5.05. The number of rotatable bonds is 3. The van der Waals surface area contributed by atoms with Crippen molar-refractivity contribution in [2.24, 2.45) is 5.10 Å². The number of H-pyrrole nitrogens is 1. The molecule has 19 heavy (non-hydrogen) atoms. The van der Waals surface area contributed by atoms with Crippen molar-refractivity contribution < 1.29 is 8.78 Å². The van der Waals surface area contributed by atoms with Gasteiger partial charge in [-0.25, -0.2) is 13.9 Å². The molecule has 0 atom stereocenters. The lowest BCUT2D eigenvalue weighted by atomic mass is 10.2. The topological polar surface area (TPSA) is 70.1 Å². The van der Waals surface area contributed by atoms with Crippen LogP contribution in [0, 0.1) is 11.6 Å². The summed E-state index contributed by atoms with van der Waals surface area (Å²) in [6.07, 6.45) is 2.38. The van der Waals surface area contributed by atoms with E-state index in [4.69, 9.17) is 11.6 Å². The quantitative estimate of drug-likeness (QED) is 0.670. The maximum Gasteiger partial charge on any atom is 0.285 e. The Morgan fingerprint density at radius 1 is 1.42 bits per heavy atom. The fourth-order valence-electron chi connectivity index (χ4n) is 1.24. The van der Waals surface area contributed by atoms with Crippen molar-refractivity contribution in [1.82, 2.24) is 10.2 Å². The highest BCUT2D eigenvalue weighted by Gasteiger charge is 2.04. The molecular weight excluding hydrogens is 278 g/mol. The summed E-state index contributed by atoms with van der Waals surface area (Å²) in [6.45, 7) is 0. The Balaban J connectivity index is 2.16. The first-order chi connectivity index (χ1) is 9.08. The summed E-state index contributed by atoms with van der Waals surface area (Å²) in [4.78, 5) is 11.1. The molecule has 1 aromatic heterocycles. The molecule has 0 amide bonds. The van der Waals surface area contributed by atoms with Gasteiger partial charge in [-0.1, -0.05) is 11.6 Å². The minimum Gasteiger partial charge on any atom is -0.275 e. The molecule has 0 spiro atoms. The zero-order valence-electron chi connectivity index (χ0n) is 9.32. The van der Waals surface area contributed by atoms with Crippen LogP contribution in [0.1, 0.15) is 5.56 Å². The van der Waals surface area contributed by atoms with Gasteiger partial charge in [-0.2, -0.15) is 10.2 Å². The first-order valence-corrected chi connectivity index (χ1v) is 5.43. The second-order valence-corrected chi connectivity index (χ2v) is 3.84. The molecule has 0 fully saturated rings. The molecule has 2 N–H and O–H groups in total. The number of halogens is 3. The molecule has 8 heteroatoms. The molecule has 0 saturated carbocycles. The predicted molar refractivity (Wildman–Crippen MR) is 67.4 cm³/mol. The molecule has 0 bridgehead atoms. The Morgan fingerprint density at radius 3 is 2.95 bits per heavy atom. The van der Waals surface area contributed by atoms with Crippen molar-refractivity contribution in [1.29, 1.82) is 0 Å². The van der Waals surface area contributed by atoms with Gasteiger partial charge >= 0.3 is 0 Å². The summed E-state index contributed by atoms with van der Waals surface area (Å²) in [5, 5.41) is 9.22. The maximum absolute atomic E-state index is 13.3. The number of hydrazone groups is 1. The van der Waals surface area contributed by atoms with Crippen molar-refractivity contribution >= 4 is 23.5 Å². The Bertz CT molecular complexity index is 687. The van der Waals surface area contributed by atoms with Gasteiger partial charge in [0.1, 0.15) is 22.3 Å². The summed E-state index contributed by atoms with van der Waals surface area (Å²) in [5.41, 5.74) is 2.12. The average molecular weight is 285 g/mol. The third-order valence-electron chi connectivity index (χ3n) is 2.15. The molecule has 0 unspecified atom stereocenters. The Hall–Kier alpha value is -2.28. The van der Waals surface area contributed by atoms with Crippen LogP contribution in [-0.4, -0.2) is 16.4 Å². The van der Waals surface area contributed by atoms with E-state index in [1.807, 2.05) is 0 Å². The molecule has 5 nitrogen and oxygen atoms in total. The Kier molecular flexibility index (Phi) is 3.86. The highest BCUT2D eigenvalue weighted by Crippen LogP contribution is 2.14. The van der Waals surface area contributed by atoms with Crippen molar-refractivity contribution in [2.45, 2.75) is 0 Å². The summed E-state index contributed by atoms with van der Waals surface area (Å²) in [5.74, 6) is -1.43. The van der Waals surface area contributed by atoms with E-state index in [1.165, 1.54) is 12.3 Å². The van der Waals surface area contributed by atoms with Crippen LogP contribution in [0.2, 0.25) is 5.02 Å². The van der Waals surface area contributed by atoms with Crippen LogP contribution in [0.4, 0.5) is 14.5 Å². The molecule has 2 aromatic rings. The molecule has 2 rings (SSSR count). The van der Waals surface area contributed by atoms with E-state index in [0.29, 0.717) is 0 Å². The number of hydrogen-bond donors (Lipinski definition) is 2. The van der Waals surface area contributed by atoms with Crippen LogP contribution in [0.15, 0.2) is 34.3 Å². The molecule has 0 aliphatic carbocycles. The normalized spacial score (nSPS) is 10.9. The van der Waals surface area contributed by atoms with Crippen LogP contribution in [0.3, 0.4) is 0 Å². The lowest BCUT2D eigenvalue weighted by molar-refractivity contribution is 0.582. The van der Waals surface area contributed by atoms with Crippen LogP contribution in [0.5, 0.6) is 0 Å². The Labute approximate surface area is 110 Å². The van der Waals surface area contributed by atoms with Crippen molar-refractivity contribution in [3.63, 3.8) is 0 Å². The van der Waals surface area contributed by atoms with E-state index in [0.717, 1.165) is 18.3 Å². The number of anilines is 1. The molecule has 1 aromatic carbocycles. The maximum atomic E-state index is 13.3. The van der Waals surface area contributed by atoms with Gasteiger partial charge in [-0.05, 0) is 12.1 Å². The Morgan fingerprint density at radius 2 is 2.21 bits per heavy atom. The van der Waals surface area contributed by atoms with Gasteiger partial charge in [0, 0.05) is 11.6 Å². The van der Waals surface area contributed by atoms with E-state index in [1.54, 1.807) is 0 Å². The minimum absolute atomic E-state index is 0.0859. The molecule has 0 saturated heterocycles. The number of hydrogen-bond acceptors (Lipinski definition) is 4. The number of benzene rings is 1. The monoisotopic (exact) mass is 284 g/mol. The van der Waals surface area contributed by atoms with Gasteiger partial charge in [-0.3, -0.25) is 10.2 Å². The van der Waals surface area contributed by atoms with Crippen molar-refractivity contribution in [3.05, 3.63) is 57.0 Å². The summed E-state index contributed by atoms with van der Waals surface area (Å²) in [7, 11) is 0. The second-order valence-electron chi connectivity index (χ2n) is 3.46. The van der Waals surface area contributed by atoms with E-state index in [9.17, 15) is 13.6 Å². The lowest BCUT2D eigenvalue weighted by Crippen LogP contribution is -2.10. The van der Waals surface area contributed by atoms with Gasteiger partial charge in [0.15, 0.2) is 0 Å². The molecule has 1 heterocycles. The third kappa shape index (κ3) is 3.14. The SMILES string of the molecule is O=c1[nH]ncc(N/N=C\c2ccc(F)cc2F)c1Cl. The number of aromatic nitrogens is 2. The number of nitrogens with zero attached hydrogens (tertiary/aromatic N) is 2. The fraction of sp³-hybridized carbons (Fsp3) is 0. The van der Waals surface area contributed by atoms with Gasteiger partial charge in [0.25, 0.3) is 5.56 Å². The van der Waals surface area contributed by atoms with Crippen molar-refractivity contribution in [3.8, 4) is 0 Å². The van der Waals surface area contributed by atoms with Crippen LogP contribution >= 0.6 is 11.6 Å². The summed E-state index contributed by atoms with van der Waals surface area (Å²) < 4.78 is 25.9. The number of aromatic amines is 1. The van der Waals surface area contributed by atoms with Crippen LogP contribution in [0.25, 0.3) is 0 Å². The van der Waals surface area contributed by atoms with E-state index in [2.05, 4.69) is 20.7 Å². The largest absolute Gasteiger partial charge is 0.285 e. The van der Waals surface area contributed by atoms with Gasteiger partial charge in [-0.15, -0.1) is 0 Å². The average Bonchev–Trinajstić information content (AvgIpc) is 2.37. The van der Waals surface area contributed by atoms with Crippen molar-refractivity contribution in [2.75, 3.05) is 5.43 Å². The smallest absolute Gasteiger partial charge is 0.275 e. The predicted octanol–water partition coefficient (Wildman–Crippen LogP) is 2.15. The number of nitrogens with one attached hydrogen (secondary N) is 2. The highest BCUT2D eigenvalue weighted by molar-refractivity contribution is 6.32. The molecule has 0 aliphatic rings. The first kappa shape index (κ1) is 13.2. The van der Waals surface area contributed by atoms with E-state index < -0.39 is 17.2 Å². The summed E-state index contributed by atoms with van der Waals surface area (Å²) >= 11 is 5.68. The van der Waals surface area contributed by atoms with Gasteiger partial charge in [0.05, 0.1) is 12.4 Å². The summed E-state index contributed by atoms with van der Waals surface area (Å²) in [6, 6.07) is 3.07. The fourth-order valence-corrected chi connectivity index (χ4v) is 1.37.